The molecule has 8 heteroatoms. The van der Waals surface area contributed by atoms with Gasteiger partial charge in [-0.05, 0) is 37.1 Å². The second-order valence-corrected chi connectivity index (χ2v) is 5.70. The van der Waals surface area contributed by atoms with Gasteiger partial charge in [0.1, 0.15) is 11.5 Å². The monoisotopic (exact) mass is 328 g/mol. The second-order valence-electron chi connectivity index (χ2n) is 5.70. The van der Waals surface area contributed by atoms with Crippen molar-refractivity contribution in [3.05, 3.63) is 36.0 Å². The van der Waals surface area contributed by atoms with Gasteiger partial charge in [-0.2, -0.15) is 9.97 Å². The molecule has 24 heavy (non-hydrogen) atoms. The lowest BCUT2D eigenvalue weighted by Crippen LogP contribution is -2.22. The Morgan fingerprint density at radius 3 is 2.58 bits per heavy atom. The lowest BCUT2D eigenvalue weighted by molar-refractivity contribution is 0.0656. The molecule has 1 aliphatic rings. The largest absolute Gasteiger partial charge is 0.474 e. The molecule has 0 amide bonds. The summed E-state index contributed by atoms with van der Waals surface area (Å²) in [5, 5.41) is 9.02. The summed E-state index contributed by atoms with van der Waals surface area (Å²) in [6.07, 6.45) is 2.10. The topological polar surface area (TPSA) is 92.4 Å². The van der Waals surface area contributed by atoms with Crippen LogP contribution in [0.3, 0.4) is 0 Å². The summed E-state index contributed by atoms with van der Waals surface area (Å²) >= 11 is 0. The molecular weight excluding hydrogens is 315 g/mol. The first-order chi connectivity index (χ1) is 11.5. The van der Waals surface area contributed by atoms with Gasteiger partial charge in [0.15, 0.2) is 5.82 Å². The molecule has 1 N–H and O–H groups in total. The molecule has 0 aliphatic heterocycles. The Balaban J connectivity index is 1.92. The third-order valence-electron chi connectivity index (χ3n) is 3.96. The summed E-state index contributed by atoms with van der Waals surface area (Å²) < 4.78 is 18.4. The van der Waals surface area contributed by atoms with E-state index >= 15 is 0 Å². The average Bonchev–Trinajstić information content (AvgIpc) is 3.32. The van der Waals surface area contributed by atoms with E-state index in [2.05, 4.69) is 15.0 Å². The number of nitrogens with zero attached hydrogens (tertiary/aromatic N) is 4. The van der Waals surface area contributed by atoms with Crippen molar-refractivity contribution >= 4 is 23.1 Å². The molecule has 1 fully saturated rings. The molecule has 3 aromatic rings. The van der Waals surface area contributed by atoms with Crippen LogP contribution in [0.15, 0.2) is 28.7 Å². The quantitative estimate of drug-likeness (QED) is 0.787. The maximum absolute atomic E-state index is 13.2. The number of rotatable bonds is 4. The van der Waals surface area contributed by atoms with Crippen LogP contribution in [0.25, 0.3) is 22.6 Å². The van der Waals surface area contributed by atoms with Crippen molar-refractivity contribution in [2.75, 3.05) is 11.9 Å². The number of oxazole rings is 1. The Morgan fingerprint density at radius 1 is 1.25 bits per heavy atom. The van der Waals surface area contributed by atoms with Crippen LogP contribution in [0.4, 0.5) is 10.2 Å². The van der Waals surface area contributed by atoms with Crippen molar-refractivity contribution in [1.29, 1.82) is 0 Å². The number of carboxylic acids is 1. The van der Waals surface area contributed by atoms with E-state index < -0.39 is 11.9 Å². The summed E-state index contributed by atoms with van der Waals surface area (Å²) in [4.78, 5) is 25.7. The fourth-order valence-electron chi connectivity index (χ4n) is 2.53. The van der Waals surface area contributed by atoms with Gasteiger partial charge in [0.05, 0.1) is 0 Å². The van der Waals surface area contributed by atoms with Gasteiger partial charge in [-0.15, -0.1) is 0 Å². The lowest BCUT2D eigenvalue weighted by Gasteiger charge is -2.19. The van der Waals surface area contributed by atoms with E-state index in [9.17, 15) is 9.18 Å². The number of fused-ring (bicyclic) bond motifs is 1. The van der Waals surface area contributed by atoms with Crippen LogP contribution in [0.5, 0.6) is 0 Å². The van der Waals surface area contributed by atoms with Crippen LogP contribution in [-0.2, 0) is 0 Å². The predicted molar refractivity (Wildman–Crippen MR) is 83.4 cm³/mol. The van der Waals surface area contributed by atoms with E-state index in [1.807, 2.05) is 11.9 Å². The van der Waals surface area contributed by atoms with Gasteiger partial charge in [0.25, 0.3) is 5.71 Å². The van der Waals surface area contributed by atoms with Crippen LogP contribution >= 0.6 is 0 Å². The maximum Gasteiger partial charge on any atom is 0.392 e. The zero-order chi connectivity index (χ0) is 16.8. The minimum absolute atomic E-state index is 0.0701. The van der Waals surface area contributed by atoms with Gasteiger partial charge in [-0.3, -0.25) is 0 Å². The van der Waals surface area contributed by atoms with Crippen molar-refractivity contribution in [2.24, 2.45) is 0 Å². The molecule has 0 radical (unpaired) electrons. The van der Waals surface area contributed by atoms with E-state index in [-0.39, 0.29) is 17.2 Å². The van der Waals surface area contributed by atoms with Crippen LogP contribution in [0.2, 0.25) is 0 Å². The summed E-state index contributed by atoms with van der Waals surface area (Å²) in [5.41, 5.74) is 1.37. The molecule has 0 spiro atoms. The minimum atomic E-state index is -1.28. The van der Waals surface area contributed by atoms with E-state index in [4.69, 9.17) is 9.52 Å². The zero-order valence-electron chi connectivity index (χ0n) is 12.7. The van der Waals surface area contributed by atoms with Gasteiger partial charge < -0.3 is 14.4 Å². The van der Waals surface area contributed by atoms with Gasteiger partial charge in [-0.25, -0.2) is 14.2 Å². The Labute approximate surface area is 135 Å². The molecule has 0 saturated heterocycles. The number of benzene rings is 1. The Morgan fingerprint density at radius 2 is 1.96 bits per heavy atom. The summed E-state index contributed by atoms with van der Waals surface area (Å²) in [6, 6.07) is 6.25. The highest BCUT2D eigenvalue weighted by molar-refractivity contribution is 5.86. The number of halogens is 1. The number of aromatic nitrogens is 3. The van der Waals surface area contributed by atoms with Crippen LogP contribution in [-0.4, -0.2) is 39.1 Å². The molecule has 0 bridgehead atoms. The standard InChI is InChI=1S/C16H13FN4O3/c1-21(10-6-7-10)13-11(8-2-4-9(17)5-3-8)18-12-14(20-13)24-15(19-12)16(22)23/h2-5,10H,6-7H2,1H3,(H,22,23). The van der Waals surface area contributed by atoms with Gasteiger partial charge in [0, 0.05) is 18.7 Å². The van der Waals surface area contributed by atoms with Crippen molar-refractivity contribution in [1.82, 2.24) is 15.0 Å². The molecule has 7 nitrogen and oxygen atoms in total. The predicted octanol–water partition coefficient (Wildman–Crippen LogP) is 2.72. The molecule has 2 aromatic heterocycles. The number of hydrogen-bond donors (Lipinski definition) is 1. The number of hydrogen-bond acceptors (Lipinski definition) is 6. The highest BCUT2D eigenvalue weighted by Gasteiger charge is 2.30. The first-order valence-corrected chi connectivity index (χ1v) is 7.43. The van der Waals surface area contributed by atoms with Crippen molar-refractivity contribution in [3.63, 3.8) is 0 Å². The van der Waals surface area contributed by atoms with Crippen molar-refractivity contribution in [2.45, 2.75) is 18.9 Å². The number of aromatic carboxylic acids is 1. The highest BCUT2D eigenvalue weighted by atomic mass is 19.1. The third-order valence-corrected chi connectivity index (χ3v) is 3.96. The normalized spacial score (nSPS) is 14.1. The maximum atomic E-state index is 13.2. The number of carboxylic acid groups (broad SMARTS) is 1. The molecule has 1 aliphatic carbocycles. The molecule has 0 atom stereocenters. The van der Waals surface area contributed by atoms with Crippen molar-refractivity contribution in [3.8, 4) is 11.3 Å². The smallest absolute Gasteiger partial charge is 0.392 e. The van der Waals surface area contributed by atoms with E-state index in [0.717, 1.165) is 12.8 Å². The molecular formula is C16H13FN4O3. The summed E-state index contributed by atoms with van der Waals surface area (Å²) in [5.74, 6) is -1.53. The molecule has 1 aromatic carbocycles. The first-order valence-electron chi connectivity index (χ1n) is 7.43. The Kier molecular flexibility index (Phi) is 3.19. The minimum Gasteiger partial charge on any atom is -0.474 e. The Bertz CT molecular complexity index is 934. The fourth-order valence-corrected chi connectivity index (χ4v) is 2.53. The van der Waals surface area contributed by atoms with Gasteiger partial charge in [0.2, 0.25) is 5.65 Å². The molecule has 1 saturated carbocycles. The second kappa shape index (κ2) is 5.26. The van der Waals surface area contributed by atoms with E-state index in [1.54, 1.807) is 12.1 Å². The van der Waals surface area contributed by atoms with E-state index in [0.29, 0.717) is 23.1 Å². The third kappa shape index (κ3) is 2.45. The lowest BCUT2D eigenvalue weighted by atomic mass is 10.1. The highest BCUT2D eigenvalue weighted by Crippen LogP contribution is 2.35. The van der Waals surface area contributed by atoms with Crippen molar-refractivity contribution < 1.29 is 18.7 Å². The zero-order valence-corrected chi connectivity index (χ0v) is 12.7. The Hall–Kier alpha value is -3.03. The molecule has 122 valence electrons. The summed E-state index contributed by atoms with van der Waals surface area (Å²) in [6.45, 7) is 0. The van der Waals surface area contributed by atoms with Crippen LogP contribution in [0.1, 0.15) is 23.5 Å². The van der Waals surface area contributed by atoms with Crippen LogP contribution in [0, 0.1) is 5.82 Å². The first kappa shape index (κ1) is 14.6. The number of carbonyl (C=O) groups is 1. The van der Waals surface area contributed by atoms with Gasteiger partial charge >= 0.3 is 11.9 Å². The molecule has 4 rings (SSSR count). The van der Waals surface area contributed by atoms with E-state index in [1.165, 1.54) is 12.1 Å². The fraction of sp³-hybridized carbons (Fsp3) is 0.250. The molecule has 2 heterocycles. The SMILES string of the molecule is CN(c1nc2oc(C(=O)O)nc2nc1-c1ccc(F)cc1)C1CC1. The van der Waals surface area contributed by atoms with Crippen LogP contribution < -0.4 is 4.90 Å². The van der Waals surface area contributed by atoms with Gasteiger partial charge in [-0.1, -0.05) is 0 Å². The average molecular weight is 328 g/mol. The summed E-state index contributed by atoms with van der Waals surface area (Å²) in [7, 11) is 1.90. The molecule has 0 unspecified atom stereocenters. The number of anilines is 1.